The van der Waals surface area contributed by atoms with Crippen LogP contribution in [0.4, 0.5) is 0 Å². The first-order chi connectivity index (χ1) is 31.0. The predicted molar refractivity (Wildman–Crippen MR) is 270 cm³/mol. The zero-order valence-electron chi connectivity index (χ0n) is 41.6. The van der Waals surface area contributed by atoms with Gasteiger partial charge in [0.2, 0.25) is 0 Å². The number of carbonyl (C=O) groups is 3. The average Bonchev–Trinajstić information content (AvgIpc) is 3.28. The first-order valence-corrected chi connectivity index (χ1v) is 26.8. The van der Waals surface area contributed by atoms with E-state index < -0.39 is 12.1 Å². The van der Waals surface area contributed by atoms with Gasteiger partial charge in [-0.3, -0.25) is 14.4 Å². The van der Waals surface area contributed by atoms with Crippen molar-refractivity contribution in [3.05, 3.63) is 60.8 Å². The van der Waals surface area contributed by atoms with Gasteiger partial charge in [-0.05, 0) is 64.2 Å². The number of rotatable bonds is 48. The lowest BCUT2D eigenvalue weighted by molar-refractivity contribution is -0.166. The zero-order chi connectivity index (χ0) is 45.8. The summed E-state index contributed by atoms with van der Waals surface area (Å²) in [7, 11) is 0. The van der Waals surface area contributed by atoms with Crippen LogP contribution < -0.4 is 0 Å². The molecule has 0 aromatic carbocycles. The summed E-state index contributed by atoms with van der Waals surface area (Å²) in [5.74, 6) is -1.03. The largest absolute Gasteiger partial charge is 0.462 e. The Bertz CT molecular complexity index is 1150. The Kier molecular flexibility index (Phi) is 49.4. The van der Waals surface area contributed by atoms with Crippen molar-refractivity contribution in [2.24, 2.45) is 0 Å². The van der Waals surface area contributed by atoms with E-state index in [1.807, 2.05) is 6.08 Å². The highest BCUT2D eigenvalue weighted by Crippen LogP contribution is 2.16. The highest BCUT2D eigenvalue weighted by atomic mass is 16.6. The van der Waals surface area contributed by atoms with Gasteiger partial charge < -0.3 is 14.2 Å². The molecule has 0 rings (SSSR count). The lowest BCUT2D eigenvalue weighted by Gasteiger charge is -2.18. The average molecular weight is 881 g/mol. The van der Waals surface area contributed by atoms with E-state index in [1.165, 1.54) is 154 Å². The number of ether oxygens (including phenoxy) is 3. The molecule has 0 N–H and O–H groups in total. The summed E-state index contributed by atoms with van der Waals surface area (Å²) < 4.78 is 16.7. The maximum atomic E-state index is 12.8. The van der Waals surface area contributed by atoms with Crippen LogP contribution in [0.3, 0.4) is 0 Å². The standard InChI is InChI=1S/C57H100O6/c1-4-7-10-13-16-19-21-23-25-27-28-30-31-33-35-38-41-44-47-50-56(59)62-53-54(52-61-55(58)49-46-43-40-37-18-15-12-9-6-3)63-57(60)51-48-45-42-39-36-34-32-29-26-24-22-20-17-14-11-8-5-2/h9,12,17-18,20,24,26,37,43,46,54H,4-8,10-11,13-16,19,21-23,25,27-36,38-42,44-45,47-53H2,1-3H3/b12-9-,20-17-,26-24-,37-18-,46-43-. The number of esters is 3. The minimum absolute atomic E-state index is 0.102. The molecule has 1 atom stereocenters. The smallest absolute Gasteiger partial charge is 0.309 e. The Labute approximate surface area is 390 Å². The normalized spacial score (nSPS) is 12.5. The van der Waals surface area contributed by atoms with E-state index in [1.54, 1.807) is 6.08 Å². The molecule has 63 heavy (non-hydrogen) atoms. The summed E-state index contributed by atoms with van der Waals surface area (Å²) in [5, 5.41) is 0. The van der Waals surface area contributed by atoms with Crippen LogP contribution in [-0.2, 0) is 28.6 Å². The SMILES string of the molecule is CC/C=C\C/C=C\C/C=C\CC(=O)OCC(COC(=O)CCCCCCCCCCCCCCCCCCCCC)OC(=O)CCCCCCCCC/C=C\C/C=C\CCCCC. The summed E-state index contributed by atoms with van der Waals surface area (Å²) in [4.78, 5) is 37.9. The quantitative estimate of drug-likeness (QED) is 0.0262. The van der Waals surface area contributed by atoms with E-state index >= 15 is 0 Å². The predicted octanol–water partition coefficient (Wildman–Crippen LogP) is 17.6. The van der Waals surface area contributed by atoms with Crippen LogP contribution in [-0.4, -0.2) is 37.2 Å². The van der Waals surface area contributed by atoms with Crippen LogP contribution >= 0.6 is 0 Å². The van der Waals surface area contributed by atoms with Gasteiger partial charge in [0, 0.05) is 12.8 Å². The molecule has 0 saturated carbocycles. The number of hydrogen-bond donors (Lipinski definition) is 0. The molecule has 0 aliphatic carbocycles. The van der Waals surface area contributed by atoms with Crippen LogP contribution in [0.2, 0.25) is 0 Å². The molecule has 6 nitrogen and oxygen atoms in total. The maximum Gasteiger partial charge on any atom is 0.309 e. The Morgan fingerprint density at radius 2 is 0.683 bits per heavy atom. The summed E-state index contributed by atoms with van der Waals surface area (Å²) in [5.41, 5.74) is 0. The molecule has 0 fully saturated rings. The second kappa shape index (κ2) is 51.7. The van der Waals surface area contributed by atoms with Gasteiger partial charge in [-0.15, -0.1) is 0 Å². The summed E-state index contributed by atoms with van der Waals surface area (Å²) in [6.45, 7) is 6.41. The molecule has 0 aromatic rings. The summed E-state index contributed by atoms with van der Waals surface area (Å²) in [6.07, 6.45) is 63.9. The molecule has 0 radical (unpaired) electrons. The van der Waals surface area contributed by atoms with Crippen LogP contribution in [0.25, 0.3) is 0 Å². The second-order valence-corrected chi connectivity index (χ2v) is 17.8. The van der Waals surface area contributed by atoms with Crippen molar-refractivity contribution in [1.82, 2.24) is 0 Å². The number of hydrogen-bond acceptors (Lipinski definition) is 6. The lowest BCUT2D eigenvalue weighted by atomic mass is 10.0. The second-order valence-electron chi connectivity index (χ2n) is 17.8. The van der Waals surface area contributed by atoms with Crippen LogP contribution in [0.5, 0.6) is 0 Å². The number of allylic oxidation sites excluding steroid dienone is 9. The van der Waals surface area contributed by atoms with Gasteiger partial charge in [-0.2, -0.15) is 0 Å². The monoisotopic (exact) mass is 881 g/mol. The molecule has 364 valence electrons. The lowest BCUT2D eigenvalue weighted by Crippen LogP contribution is -2.30. The van der Waals surface area contributed by atoms with E-state index in [0.29, 0.717) is 12.8 Å². The molecule has 0 spiro atoms. The Balaban J connectivity index is 4.32. The maximum absolute atomic E-state index is 12.8. The van der Waals surface area contributed by atoms with Gasteiger partial charge in [0.15, 0.2) is 6.10 Å². The van der Waals surface area contributed by atoms with Crippen LogP contribution in [0, 0.1) is 0 Å². The van der Waals surface area contributed by atoms with Crippen molar-refractivity contribution in [2.75, 3.05) is 13.2 Å². The molecule has 0 bridgehead atoms. The summed E-state index contributed by atoms with van der Waals surface area (Å²) in [6, 6.07) is 0. The highest BCUT2D eigenvalue weighted by Gasteiger charge is 2.19. The number of carbonyl (C=O) groups excluding carboxylic acids is 3. The third-order valence-electron chi connectivity index (χ3n) is 11.5. The molecule has 0 aliphatic heterocycles. The third kappa shape index (κ3) is 50.0. The molecule has 6 heteroatoms. The Hall–Kier alpha value is -2.89. The summed E-state index contributed by atoms with van der Waals surface area (Å²) >= 11 is 0. The molecular formula is C57H100O6. The fourth-order valence-corrected chi connectivity index (χ4v) is 7.53. The van der Waals surface area contributed by atoms with Gasteiger partial charge in [-0.25, -0.2) is 0 Å². The van der Waals surface area contributed by atoms with Crippen molar-refractivity contribution in [3.63, 3.8) is 0 Å². The Morgan fingerprint density at radius 1 is 0.349 bits per heavy atom. The minimum atomic E-state index is -0.811. The van der Waals surface area contributed by atoms with Crippen molar-refractivity contribution in [1.29, 1.82) is 0 Å². The van der Waals surface area contributed by atoms with Crippen molar-refractivity contribution in [3.8, 4) is 0 Å². The number of unbranched alkanes of at least 4 members (excludes halogenated alkanes) is 28. The Morgan fingerprint density at radius 3 is 1.14 bits per heavy atom. The first kappa shape index (κ1) is 60.1. The topological polar surface area (TPSA) is 78.9 Å². The molecule has 0 aliphatic rings. The van der Waals surface area contributed by atoms with Crippen molar-refractivity contribution >= 4 is 17.9 Å². The van der Waals surface area contributed by atoms with E-state index in [-0.39, 0.29) is 31.6 Å². The van der Waals surface area contributed by atoms with Crippen LogP contribution in [0.1, 0.15) is 265 Å². The molecular weight excluding hydrogens is 781 g/mol. The minimum Gasteiger partial charge on any atom is -0.462 e. The molecule has 0 aromatic heterocycles. The zero-order valence-corrected chi connectivity index (χ0v) is 41.6. The molecule has 1 unspecified atom stereocenters. The van der Waals surface area contributed by atoms with Gasteiger partial charge in [0.1, 0.15) is 13.2 Å². The van der Waals surface area contributed by atoms with Crippen molar-refractivity contribution < 1.29 is 28.6 Å². The van der Waals surface area contributed by atoms with E-state index in [4.69, 9.17) is 14.2 Å². The van der Waals surface area contributed by atoms with Crippen LogP contribution in [0.15, 0.2) is 60.8 Å². The fourth-order valence-electron chi connectivity index (χ4n) is 7.53. The van der Waals surface area contributed by atoms with E-state index in [0.717, 1.165) is 70.6 Å². The molecule has 0 saturated heterocycles. The molecule has 0 heterocycles. The van der Waals surface area contributed by atoms with Crippen molar-refractivity contribution in [2.45, 2.75) is 271 Å². The first-order valence-electron chi connectivity index (χ1n) is 26.8. The third-order valence-corrected chi connectivity index (χ3v) is 11.5. The van der Waals surface area contributed by atoms with Gasteiger partial charge in [-0.1, -0.05) is 242 Å². The highest BCUT2D eigenvalue weighted by molar-refractivity contribution is 5.72. The fraction of sp³-hybridized carbons (Fsp3) is 0.772. The van der Waals surface area contributed by atoms with Gasteiger partial charge >= 0.3 is 17.9 Å². The van der Waals surface area contributed by atoms with E-state index in [2.05, 4.69) is 69.4 Å². The van der Waals surface area contributed by atoms with E-state index in [9.17, 15) is 14.4 Å². The van der Waals surface area contributed by atoms with Gasteiger partial charge in [0.25, 0.3) is 0 Å². The molecule has 0 amide bonds. The van der Waals surface area contributed by atoms with Gasteiger partial charge in [0.05, 0.1) is 6.42 Å².